The summed E-state index contributed by atoms with van der Waals surface area (Å²) in [5.41, 5.74) is 5.39. The Morgan fingerprint density at radius 1 is 0.947 bits per heavy atom. The van der Waals surface area contributed by atoms with E-state index in [1.807, 2.05) is 12.1 Å². The smallest absolute Gasteiger partial charge is 0.231 e. The molecular formula is C17H14O2. The van der Waals surface area contributed by atoms with Crippen LogP contribution < -0.4 is 9.47 Å². The largest absolute Gasteiger partial charge is 0.454 e. The van der Waals surface area contributed by atoms with E-state index in [0.29, 0.717) is 0 Å². The predicted molar refractivity (Wildman–Crippen MR) is 75.4 cm³/mol. The molecule has 2 aromatic rings. The van der Waals surface area contributed by atoms with Gasteiger partial charge in [-0.15, -0.1) is 6.42 Å². The third-order valence-corrected chi connectivity index (χ3v) is 3.20. The van der Waals surface area contributed by atoms with Crippen LogP contribution in [0.15, 0.2) is 30.3 Å². The van der Waals surface area contributed by atoms with Crippen molar-refractivity contribution in [2.75, 3.05) is 6.79 Å². The number of terminal acetylenes is 1. The highest BCUT2D eigenvalue weighted by atomic mass is 16.7. The Labute approximate surface area is 113 Å². The number of hydrogen-bond acceptors (Lipinski definition) is 2. The van der Waals surface area contributed by atoms with Crippen molar-refractivity contribution in [1.29, 1.82) is 0 Å². The molecule has 3 rings (SSSR count). The van der Waals surface area contributed by atoms with Gasteiger partial charge in [-0.2, -0.15) is 0 Å². The van der Waals surface area contributed by atoms with Gasteiger partial charge in [0.2, 0.25) is 6.79 Å². The topological polar surface area (TPSA) is 18.5 Å². The Kier molecular flexibility index (Phi) is 2.68. The lowest BCUT2D eigenvalue weighted by molar-refractivity contribution is 0.174. The minimum Gasteiger partial charge on any atom is -0.454 e. The average molecular weight is 250 g/mol. The van der Waals surface area contributed by atoms with Crippen LogP contribution in [0.5, 0.6) is 11.5 Å². The molecule has 0 aromatic heterocycles. The molecule has 0 saturated carbocycles. The fourth-order valence-corrected chi connectivity index (χ4v) is 2.43. The Hall–Kier alpha value is -2.40. The van der Waals surface area contributed by atoms with Gasteiger partial charge in [0.25, 0.3) is 0 Å². The van der Waals surface area contributed by atoms with E-state index in [2.05, 4.69) is 38.0 Å². The van der Waals surface area contributed by atoms with Crippen LogP contribution in [0.25, 0.3) is 11.1 Å². The first-order valence-electron chi connectivity index (χ1n) is 6.16. The lowest BCUT2D eigenvalue weighted by atomic mass is 9.96. The molecule has 2 nitrogen and oxygen atoms in total. The average Bonchev–Trinajstić information content (AvgIpc) is 2.83. The summed E-state index contributed by atoms with van der Waals surface area (Å²) in [5.74, 6) is 4.21. The Bertz CT molecular complexity index is 673. The maximum atomic E-state index is 5.61. The number of aryl methyl sites for hydroxylation is 2. The molecule has 1 aliphatic rings. The van der Waals surface area contributed by atoms with Gasteiger partial charge < -0.3 is 9.47 Å². The molecule has 19 heavy (non-hydrogen) atoms. The molecule has 0 aliphatic carbocycles. The molecule has 0 atom stereocenters. The number of rotatable bonds is 1. The molecule has 0 N–H and O–H groups in total. The third-order valence-electron chi connectivity index (χ3n) is 3.20. The summed E-state index contributed by atoms with van der Waals surface area (Å²) in [6.07, 6.45) is 5.61. The monoisotopic (exact) mass is 250 g/mol. The van der Waals surface area contributed by atoms with Crippen molar-refractivity contribution in [3.63, 3.8) is 0 Å². The summed E-state index contributed by atoms with van der Waals surface area (Å²) in [4.78, 5) is 0. The Morgan fingerprint density at radius 2 is 1.58 bits per heavy atom. The molecule has 94 valence electrons. The lowest BCUT2D eigenvalue weighted by Gasteiger charge is -2.09. The molecule has 0 amide bonds. The summed E-state index contributed by atoms with van der Waals surface area (Å²) in [6.45, 7) is 4.42. The maximum Gasteiger partial charge on any atom is 0.231 e. The molecular weight excluding hydrogens is 236 g/mol. The summed E-state index contributed by atoms with van der Waals surface area (Å²) in [5, 5.41) is 0. The lowest BCUT2D eigenvalue weighted by Crippen LogP contribution is -1.92. The van der Waals surface area contributed by atoms with Gasteiger partial charge >= 0.3 is 0 Å². The van der Waals surface area contributed by atoms with Gasteiger partial charge in [0, 0.05) is 17.2 Å². The zero-order valence-electron chi connectivity index (χ0n) is 11.0. The van der Waals surface area contributed by atoms with Crippen LogP contribution in [0, 0.1) is 26.2 Å². The third kappa shape index (κ3) is 2.04. The van der Waals surface area contributed by atoms with Gasteiger partial charge in [-0.25, -0.2) is 0 Å². The van der Waals surface area contributed by atoms with Crippen molar-refractivity contribution in [1.82, 2.24) is 0 Å². The van der Waals surface area contributed by atoms with Crippen molar-refractivity contribution >= 4 is 0 Å². The minimum absolute atomic E-state index is 0.260. The van der Waals surface area contributed by atoms with Gasteiger partial charge in [0.15, 0.2) is 11.5 Å². The molecule has 0 fully saturated rings. The molecule has 1 aliphatic heterocycles. The highest BCUT2D eigenvalue weighted by Gasteiger charge is 2.17. The van der Waals surface area contributed by atoms with Crippen LogP contribution in [0.4, 0.5) is 0 Å². The van der Waals surface area contributed by atoms with Gasteiger partial charge in [0.05, 0.1) is 0 Å². The molecule has 0 saturated heterocycles. The number of hydrogen-bond donors (Lipinski definition) is 0. The van der Waals surface area contributed by atoms with Crippen molar-refractivity contribution in [2.45, 2.75) is 13.8 Å². The van der Waals surface area contributed by atoms with E-state index in [1.54, 1.807) is 0 Å². The summed E-state index contributed by atoms with van der Waals surface area (Å²) >= 11 is 0. The maximum absolute atomic E-state index is 5.61. The first-order valence-corrected chi connectivity index (χ1v) is 6.16. The van der Waals surface area contributed by atoms with Crippen LogP contribution in [0.2, 0.25) is 0 Å². The van der Waals surface area contributed by atoms with E-state index in [-0.39, 0.29) is 6.79 Å². The van der Waals surface area contributed by atoms with Gasteiger partial charge in [-0.05, 0) is 25.5 Å². The second-order valence-corrected chi connectivity index (χ2v) is 4.77. The predicted octanol–water partition coefficient (Wildman–Crippen LogP) is 3.68. The van der Waals surface area contributed by atoms with E-state index in [1.165, 1.54) is 11.1 Å². The molecule has 0 unspecified atom stereocenters. The quantitative estimate of drug-likeness (QED) is 0.719. The van der Waals surface area contributed by atoms with Crippen LogP contribution >= 0.6 is 0 Å². The van der Waals surface area contributed by atoms with Gasteiger partial charge in [0.1, 0.15) is 0 Å². The molecule has 2 aromatic carbocycles. The van der Waals surface area contributed by atoms with Crippen LogP contribution in [0.1, 0.15) is 16.7 Å². The molecule has 1 heterocycles. The van der Waals surface area contributed by atoms with Crippen molar-refractivity contribution in [3.8, 4) is 35.0 Å². The van der Waals surface area contributed by atoms with Gasteiger partial charge in [-0.3, -0.25) is 0 Å². The first-order chi connectivity index (χ1) is 9.17. The minimum atomic E-state index is 0.260. The Morgan fingerprint density at radius 3 is 2.21 bits per heavy atom. The number of fused-ring (bicyclic) bond motifs is 1. The molecule has 0 spiro atoms. The van der Waals surface area contributed by atoms with Crippen molar-refractivity contribution in [2.24, 2.45) is 0 Å². The highest BCUT2D eigenvalue weighted by molar-refractivity contribution is 5.75. The standard InChI is InChI=1S/C17H14O2/c1-4-13-8-16-17(19-10-18-16)9-15(13)14-6-11(2)5-12(3)7-14/h1,5-9H,10H2,2-3H3. The van der Waals surface area contributed by atoms with E-state index in [4.69, 9.17) is 15.9 Å². The first kappa shape index (κ1) is 11.7. The Balaban J connectivity index is 2.22. The van der Waals surface area contributed by atoms with E-state index in [9.17, 15) is 0 Å². The fraction of sp³-hybridized carbons (Fsp3) is 0.176. The zero-order valence-corrected chi connectivity index (χ0v) is 11.0. The van der Waals surface area contributed by atoms with E-state index < -0.39 is 0 Å². The number of benzene rings is 2. The highest BCUT2D eigenvalue weighted by Crippen LogP contribution is 2.38. The van der Waals surface area contributed by atoms with Crippen molar-refractivity contribution in [3.05, 3.63) is 47.0 Å². The van der Waals surface area contributed by atoms with Crippen LogP contribution in [-0.2, 0) is 0 Å². The summed E-state index contributed by atoms with van der Waals surface area (Å²) in [6, 6.07) is 10.2. The molecule has 0 bridgehead atoms. The zero-order chi connectivity index (χ0) is 13.4. The van der Waals surface area contributed by atoms with E-state index in [0.717, 1.165) is 28.2 Å². The van der Waals surface area contributed by atoms with Crippen LogP contribution in [0.3, 0.4) is 0 Å². The summed E-state index contributed by atoms with van der Waals surface area (Å²) in [7, 11) is 0. The fourth-order valence-electron chi connectivity index (χ4n) is 2.43. The van der Waals surface area contributed by atoms with Gasteiger partial charge in [-0.1, -0.05) is 35.2 Å². The second-order valence-electron chi connectivity index (χ2n) is 4.77. The SMILES string of the molecule is C#Cc1cc2c(cc1-c1cc(C)cc(C)c1)OCO2. The normalized spacial score (nSPS) is 12.3. The molecule has 0 radical (unpaired) electrons. The summed E-state index contributed by atoms with van der Waals surface area (Å²) < 4.78 is 10.8. The second kappa shape index (κ2) is 4.37. The molecule has 2 heteroatoms. The van der Waals surface area contributed by atoms with E-state index >= 15 is 0 Å². The van der Waals surface area contributed by atoms with Crippen LogP contribution in [-0.4, -0.2) is 6.79 Å². The number of ether oxygens (including phenoxy) is 2. The van der Waals surface area contributed by atoms with Crippen molar-refractivity contribution < 1.29 is 9.47 Å².